The van der Waals surface area contributed by atoms with E-state index in [0.29, 0.717) is 5.25 Å². The summed E-state index contributed by atoms with van der Waals surface area (Å²) in [6, 6.07) is 0. The number of carbonyl (C=O) groups is 1. The summed E-state index contributed by atoms with van der Waals surface area (Å²) in [5, 5.41) is 0.622. The van der Waals surface area contributed by atoms with Gasteiger partial charge in [-0.15, -0.1) is 0 Å². The van der Waals surface area contributed by atoms with Crippen molar-refractivity contribution in [2.45, 2.75) is 25.0 Å². The molecule has 1 aliphatic rings. The van der Waals surface area contributed by atoms with Crippen LogP contribution in [0.1, 0.15) is 19.8 Å². The Balaban J connectivity index is 2.28. The Morgan fingerprint density at radius 3 is 3.00 bits per heavy atom. The lowest BCUT2D eigenvalue weighted by molar-refractivity contribution is -0.109. The van der Waals surface area contributed by atoms with Gasteiger partial charge in [0.25, 0.3) is 0 Å². The Labute approximate surface area is 73.1 Å². The Morgan fingerprint density at radius 1 is 1.73 bits per heavy atom. The molecule has 1 saturated heterocycles. The van der Waals surface area contributed by atoms with Gasteiger partial charge in [0.15, 0.2) is 13.1 Å². The Morgan fingerprint density at radius 2 is 2.45 bits per heavy atom. The van der Waals surface area contributed by atoms with Crippen LogP contribution in [0.3, 0.4) is 0 Å². The third-order valence-corrected chi connectivity index (χ3v) is 2.79. The molecule has 0 amide bonds. The predicted octanol–water partition coefficient (Wildman–Crippen LogP) is 0.814. The molecule has 1 unspecified atom stereocenters. The standard InChI is InChI=1S/C7H12BNOS/c1-6(10)11-7-3-2-4-9(8)5-7/h7H,2-5H2,1H3. The quantitative estimate of drug-likeness (QED) is 0.542. The maximum absolute atomic E-state index is 10.7. The second-order valence-electron chi connectivity index (χ2n) is 2.87. The summed E-state index contributed by atoms with van der Waals surface area (Å²) in [7, 11) is 5.61. The Kier molecular flexibility index (Phi) is 3.46. The fourth-order valence-corrected chi connectivity index (χ4v) is 2.32. The van der Waals surface area contributed by atoms with E-state index in [9.17, 15) is 4.79 Å². The first kappa shape index (κ1) is 9.14. The van der Waals surface area contributed by atoms with Crippen LogP contribution in [0.2, 0.25) is 0 Å². The van der Waals surface area contributed by atoms with Crippen LogP contribution < -0.4 is 0 Å². The molecular formula is C7H12BNOS. The van der Waals surface area contributed by atoms with Crippen molar-refractivity contribution in [1.82, 2.24) is 4.81 Å². The minimum atomic E-state index is 0.199. The maximum Gasteiger partial charge on any atom is 0.186 e. The molecule has 0 N–H and O–H groups in total. The molecule has 0 aromatic heterocycles. The van der Waals surface area contributed by atoms with Crippen molar-refractivity contribution in [2.75, 3.05) is 13.1 Å². The molecule has 0 aliphatic carbocycles. The van der Waals surface area contributed by atoms with Crippen LogP contribution in [-0.4, -0.2) is 36.2 Å². The molecule has 1 fully saturated rings. The van der Waals surface area contributed by atoms with Crippen molar-refractivity contribution in [1.29, 1.82) is 0 Å². The second kappa shape index (κ2) is 4.17. The summed E-state index contributed by atoms with van der Waals surface area (Å²) in [6.45, 7) is 3.43. The maximum atomic E-state index is 10.7. The number of carbonyl (C=O) groups excluding carboxylic acids is 1. The van der Waals surface area contributed by atoms with Crippen molar-refractivity contribution in [3.8, 4) is 0 Å². The van der Waals surface area contributed by atoms with Gasteiger partial charge in [-0.05, 0) is 25.9 Å². The summed E-state index contributed by atoms with van der Waals surface area (Å²) in [5.41, 5.74) is 0. The summed E-state index contributed by atoms with van der Waals surface area (Å²) in [4.78, 5) is 12.5. The SMILES string of the molecule is [B]N1CCCC(SC(C)=O)C1. The first-order valence-electron chi connectivity index (χ1n) is 3.85. The fraction of sp³-hybridized carbons (Fsp3) is 0.857. The topological polar surface area (TPSA) is 20.3 Å². The molecule has 2 nitrogen and oxygen atoms in total. The van der Waals surface area contributed by atoms with E-state index < -0.39 is 0 Å². The van der Waals surface area contributed by atoms with E-state index in [-0.39, 0.29) is 5.12 Å². The summed E-state index contributed by atoms with van der Waals surface area (Å²) >= 11 is 1.42. The summed E-state index contributed by atoms with van der Waals surface area (Å²) < 4.78 is 0. The molecule has 4 heteroatoms. The number of hydrogen-bond donors (Lipinski definition) is 0. The van der Waals surface area contributed by atoms with Gasteiger partial charge < -0.3 is 4.81 Å². The number of hydrogen-bond acceptors (Lipinski definition) is 3. The lowest BCUT2D eigenvalue weighted by Gasteiger charge is -2.28. The predicted molar refractivity (Wildman–Crippen MR) is 48.6 cm³/mol. The molecule has 60 valence electrons. The second-order valence-corrected chi connectivity index (χ2v) is 4.35. The van der Waals surface area contributed by atoms with Crippen LogP contribution in [0.5, 0.6) is 0 Å². The first-order chi connectivity index (χ1) is 5.18. The third kappa shape index (κ3) is 3.30. The van der Waals surface area contributed by atoms with Gasteiger partial charge in [0.2, 0.25) is 0 Å². The highest BCUT2D eigenvalue weighted by Gasteiger charge is 2.18. The molecule has 0 bridgehead atoms. The monoisotopic (exact) mass is 169 g/mol. The van der Waals surface area contributed by atoms with E-state index in [4.69, 9.17) is 7.98 Å². The average molecular weight is 169 g/mol. The lowest BCUT2D eigenvalue weighted by Crippen LogP contribution is -2.35. The minimum absolute atomic E-state index is 0.199. The van der Waals surface area contributed by atoms with Gasteiger partial charge >= 0.3 is 0 Å². The zero-order chi connectivity index (χ0) is 8.27. The molecule has 1 rings (SSSR count). The Bertz CT molecular complexity index is 153. The van der Waals surface area contributed by atoms with Crippen molar-refractivity contribution in [2.24, 2.45) is 0 Å². The Hall–Kier alpha value is 0.0449. The van der Waals surface area contributed by atoms with Crippen LogP contribution in [0.15, 0.2) is 0 Å². The van der Waals surface area contributed by atoms with Crippen LogP contribution in [0.25, 0.3) is 0 Å². The molecule has 1 atom stereocenters. The number of rotatable bonds is 1. The number of piperidine rings is 1. The van der Waals surface area contributed by atoms with E-state index in [0.717, 1.165) is 25.9 Å². The van der Waals surface area contributed by atoms with Gasteiger partial charge in [-0.25, -0.2) is 0 Å². The largest absolute Gasteiger partial charge is 0.353 e. The van der Waals surface area contributed by atoms with Gasteiger partial charge in [-0.2, -0.15) is 0 Å². The molecule has 0 spiro atoms. The highest BCUT2D eigenvalue weighted by Crippen LogP contribution is 2.21. The van der Waals surface area contributed by atoms with Gasteiger partial charge in [0.1, 0.15) is 0 Å². The van der Waals surface area contributed by atoms with Crippen LogP contribution >= 0.6 is 11.8 Å². The van der Waals surface area contributed by atoms with Crippen molar-refractivity contribution in [3.63, 3.8) is 0 Å². The molecule has 0 aromatic rings. The molecular weight excluding hydrogens is 157 g/mol. The van der Waals surface area contributed by atoms with E-state index in [2.05, 4.69) is 0 Å². The smallest absolute Gasteiger partial charge is 0.186 e. The van der Waals surface area contributed by atoms with Gasteiger partial charge in [0, 0.05) is 12.2 Å². The van der Waals surface area contributed by atoms with Gasteiger partial charge in [0.05, 0.1) is 0 Å². The van der Waals surface area contributed by atoms with Crippen molar-refractivity contribution < 1.29 is 4.79 Å². The van der Waals surface area contributed by atoms with Crippen LogP contribution in [0.4, 0.5) is 0 Å². The summed E-state index contributed by atoms with van der Waals surface area (Å²) in [6.07, 6.45) is 2.24. The fourth-order valence-electron chi connectivity index (χ4n) is 1.30. The van der Waals surface area contributed by atoms with Crippen LogP contribution in [0, 0.1) is 0 Å². The van der Waals surface area contributed by atoms with E-state index >= 15 is 0 Å². The lowest BCUT2D eigenvalue weighted by atomic mass is 10.1. The molecule has 1 heterocycles. The molecule has 1 aliphatic heterocycles. The zero-order valence-electron chi connectivity index (χ0n) is 6.75. The molecule has 11 heavy (non-hydrogen) atoms. The first-order valence-corrected chi connectivity index (χ1v) is 4.73. The number of thioether (sulfide) groups is 1. The zero-order valence-corrected chi connectivity index (χ0v) is 7.56. The van der Waals surface area contributed by atoms with Crippen LogP contribution in [-0.2, 0) is 4.79 Å². The van der Waals surface area contributed by atoms with Crippen molar-refractivity contribution >= 4 is 24.9 Å². The summed E-state index contributed by atoms with van der Waals surface area (Å²) in [5.74, 6) is 0. The number of nitrogens with zero attached hydrogens (tertiary/aromatic N) is 1. The highest BCUT2D eigenvalue weighted by molar-refractivity contribution is 8.14. The molecule has 2 radical (unpaired) electrons. The van der Waals surface area contributed by atoms with E-state index in [1.165, 1.54) is 11.8 Å². The van der Waals surface area contributed by atoms with Gasteiger partial charge in [-0.1, -0.05) is 11.8 Å². The molecule has 0 aromatic carbocycles. The minimum Gasteiger partial charge on any atom is -0.353 e. The third-order valence-electron chi connectivity index (χ3n) is 1.74. The average Bonchev–Trinajstić information content (AvgIpc) is 1.85. The normalized spacial score (nSPS) is 26.8. The van der Waals surface area contributed by atoms with E-state index in [1.807, 2.05) is 0 Å². The highest BCUT2D eigenvalue weighted by atomic mass is 32.2. The van der Waals surface area contributed by atoms with E-state index in [1.54, 1.807) is 11.7 Å². The van der Waals surface area contributed by atoms with Gasteiger partial charge in [-0.3, -0.25) is 4.79 Å². The van der Waals surface area contributed by atoms with Crippen molar-refractivity contribution in [3.05, 3.63) is 0 Å². The molecule has 0 saturated carbocycles.